The number of unbranched alkanes of at least 4 members (excludes halogenated alkanes) is 2. The van der Waals surface area contributed by atoms with E-state index in [1.165, 1.54) is 62.8 Å². The van der Waals surface area contributed by atoms with Gasteiger partial charge in [0, 0.05) is 11.6 Å². The quantitative estimate of drug-likeness (QED) is 0.152. The van der Waals surface area contributed by atoms with Crippen molar-refractivity contribution in [3.05, 3.63) is 83.4 Å². The fraction of sp³-hybridized carbons (Fsp3) is 0.514. The minimum absolute atomic E-state index is 0.0119. The zero-order chi connectivity index (χ0) is 32.9. The molecular weight excluding hydrogens is 609 g/mol. The van der Waals surface area contributed by atoms with Gasteiger partial charge in [0.1, 0.15) is 23.1 Å². The second-order valence-corrected chi connectivity index (χ2v) is 12.9. The third-order valence-electron chi connectivity index (χ3n) is 9.79. The minimum Gasteiger partial charge on any atom is -0.432 e. The zero-order valence-corrected chi connectivity index (χ0v) is 26.0. The maximum absolute atomic E-state index is 15.3. The van der Waals surface area contributed by atoms with E-state index in [1.807, 2.05) is 12.1 Å². The van der Waals surface area contributed by atoms with E-state index in [2.05, 4.69) is 11.7 Å². The SMILES string of the molecule is CCCCCC1CCC(c2ccc(C3CCC(C(F)(F)Oc4ccc(-c5ccc(OC(F)(F)F)cc5)c(F)c4)CC3)c(F)c2)CC1. The van der Waals surface area contributed by atoms with Gasteiger partial charge in [0.25, 0.3) is 0 Å². The van der Waals surface area contributed by atoms with Crippen LogP contribution in [0.25, 0.3) is 11.1 Å². The van der Waals surface area contributed by atoms with E-state index >= 15 is 13.2 Å². The molecule has 250 valence electrons. The lowest BCUT2D eigenvalue weighted by Gasteiger charge is -2.34. The summed E-state index contributed by atoms with van der Waals surface area (Å²) in [4.78, 5) is 0. The van der Waals surface area contributed by atoms with Gasteiger partial charge in [0.2, 0.25) is 0 Å². The van der Waals surface area contributed by atoms with Crippen molar-refractivity contribution in [2.75, 3.05) is 0 Å². The van der Waals surface area contributed by atoms with Gasteiger partial charge in [-0.1, -0.05) is 56.9 Å². The Bertz CT molecular complexity index is 1420. The van der Waals surface area contributed by atoms with Crippen LogP contribution >= 0.6 is 0 Å². The van der Waals surface area contributed by atoms with Crippen LogP contribution in [0.3, 0.4) is 0 Å². The predicted molar refractivity (Wildman–Crippen MR) is 164 cm³/mol. The Balaban J connectivity index is 1.14. The van der Waals surface area contributed by atoms with E-state index in [9.17, 15) is 17.6 Å². The maximum Gasteiger partial charge on any atom is 0.573 e. The van der Waals surface area contributed by atoms with E-state index in [4.69, 9.17) is 4.74 Å². The number of ether oxygens (including phenoxy) is 2. The molecule has 0 saturated heterocycles. The summed E-state index contributed by atoms with van der Waals surface area (Å²) in [5, 5.41) is 0. The molecule has 3 aromatic carbocycles. The molecule has 2 aliphatic rings. The van der Waals surface area contributed by atoms with Gasteiger partial charge < -0.3 is 9.47 Å². The van der Waals surface area contributed by atoms with E-state index in [0.717, 1.165) is 42.5 Å². The van der Waals surface area contributed by atoms with Gasteiger partial charge in [-0.15, -0.1) is 13.2 Å². The summed E-state index contributed by atoms with van der Waals surface area (Å²) >= 11 is 0. The molecule has 0 bridgehead atoms. The first-order valence-electron chi connectivity index (χ1n) is 16.4. The summed E-state index contributed by atoms with van der Waals surface area (Å²) in [5.74, 6) is -2.05. The van der Waals surface area contributed by atoms with Crippen molar-refractivity contribution in [3.63, 3.8) is 0 Å². The van der Waals surface area contributed by atoms with Gasteiger partial charge in [-0.2, -0.15) is 8.78 Å². The number of halogens is 7. The van der Waals surface area contributed by atoms with Crippen LogP contribution in [0, 0.1) is 23.5 Å². The van der Waals surface area contributed by atoms with Crippen LogP contribution in [-0.4, -0.2) is 12.5 Å². The monoisotopic (exact) mass is 650 g/mol. The van der Waals surface area contributed by atoms with Gasteiger partial charge >= 0.3 is 12.5 Å². The largest absolute Gasteiger partial charge is 0.573 e. The average Bonchev–Trinajstić information content (AvgIpc) is 3.01. The van der Waals surface area contributed by atoms with Crippen molar-refractivity contribution < 1.29 is 40.2 Å². The van der Waals surface area contributed by atoms with Crippen molar-refractivity contribution in [2.45, 2.75) is 108 Å². The van der Waals surface area contributed by atoms with Gasteiger partial charge in [-0.25, -0.2) is 8.78 Å². The molecule has 2 fully saturated rings. The molecule has 3 aromatic rings. The average molecular weight is 651 g/mol. The highest BCUT2D eigenvalue weighted by Crippen LogP contribution is 2.45. The van der Waals surface area contributed by atoms with Crippen LogP contribution in [0.15, 0.2) is 60.7 Å². The molecular formula is C37H41F7O2. The Morgan fingerprint density at radius 3 is 1.91 bits per heavy atom. The lowest BCUT2D eigenvalue weighted by atomic mass is 9.75. The summed E-state index contributed by atoms with van der Waals surface area (Å²) in [5.41, 5.74) is 1.87. The Kier molecular flexibility index (Phi) is 10.9. The fourth-order valence-electron chi connectivity index (χ4n) is 7.21. The molecule has 0 atom stereocenters. The van der Waals surface area contributed by atoms with Crippen LogP contribution in [0.2, 0.25) is 0 Å². The lowest BCUT2D eigenvalue weighted by Crippen LogP contribution is -2.37. The Morgan fingerprint density at radius 1 is 0.652 bits per heavy atom. The summed E-state index contributed by atoms with van der Waals surface area (Å²) in [6.07, 6.45) is 2.25. The van der Waals surface area contributed by atoms with Crippen molar-refractivity contribution in [3.8, 4) is 22.6 Å². The van der Waals surface area contributed by atoms with Gasteiger partial charge in [0.05, 0.1) is 5.92 Å². The minimum atomic E-state index is -4.86. The molecule has 0 heterocycles. The fourth-order valence-corrected chi connectivity index (χ4v) is 7.21. The van der Waals surface area contributed by atoms with Crippen molar-refractivity contribution in [2.24, 2.45) is 11.8 Å². The second-order valence-electron chi connectivity index (χ2n) is 12.9. The third kappa shape index (κ3) is 8.77. The highest BCUT2D eigenvalue weighted by molar-refractivity contribution is 5.65. The molecule has 0 unspecified atom stereocenters. The Morgan fingerprint density at radius 2 is 1.30 bits per heavy atom. The molecule has 0 N–H and O–H groups in total. The molecule has 5 rings (SSSR count). The number of hydrogen-bond acceptors (Lipinski definition) is 2. The van der Waals surface area contributed by atoms with Crippen molar-refractivity contribution in [1.29, 1.82) is 0 Å². The van der Waals surface area contributed by atoms with Crippen LogP contribution < -0.4 is 9.47 Å². The van der Waals surface area contributed by atoms with E-state index in [1.54, 1.807) is 6.07 Å². The number of rotatable bonds is 11. The van der Waals surface area contributed by atoms with E-state index in [-0.39, 0.29) is 41.5 Å². The molecule has 9 heteroatoms. The summed E-state index contributed by atoms with van der Waals surface area (Å²) in [6, 6.07) is 13.4. The topological polar surface area (TPSA) is 18.5 Å². The highest BCUT2D eigenvalue weighted by atomic mass is 19.4. The Labute approximate surface area is 266 Å². The van der Waals surface area contributed by atoms with Gasteiger partial charge in [-0.05, 0) is 116 Å². The van der Waals surface area contributed by atoms with Crippen LogP contribution in [0.1, 0.15) is 107 Å². The van der Waals surface area contributed by atoms with Crippen LogP contribution in [-0.2, 0) is 0 Å². The molecule has 0 spiro atoms. The normalized spacial score (nSPS) is 22.4. The van der Waals surface area contributed by atoms with Crippen LogP contribution in [0.5, 0.6) is 11.5 Å². The molecule has 0 radical (unpaired) electrons. The van der Waals surface area contributed by atoms with Crippen molar-refractivity contribution >= 4 is 0 Å². The maximum atomic E-state index is 15.3. The summed E-state index contributed by atoms with van der Waals surface area (Å²) in [6.45, 7) is 2.22. The number of hydrogen-bond donors (Lipinski definition) is 0. The second kappa shape index (κ2) is 14.7. The Hall–Kier alpha value is -3.23. The lowest BCUT2D eigenvalue weighted by molar-refractivity contribution is -0.274. The molecule has 0 aliphatic heterocycles. The van der Waals surface area contributed by atoms with Crippen LogP contribution in [0.4, 0.5) is 30.7 Å². The molecule has 2 saturated carbocycles. The highest BCUT2D eigenvalue weighted by Gasteiger charge is 2.44. The predicted octanol–water partition coefficient (Wildman–Crippen LogP) is 12.3. The molecule has 0 amide bonds. The number of alkyl halides is 5. The zero-order valence-electron chi connectivity index (χ0n) is 26.0. The smallest absolute Gasteiger partial charge is 0.432 e. The standard InChI is InChI=1S/C37H41F7O2/c1-2-3-4-5-24-6-8-25(9-7-24)28-14-20-32(34(38)22-28)26-10-15-29(16-11-26)36(40,41)45-31-19-21-33(35(39)23-31)27-12-17-30(18-13-27)46-37(42,43)44/h12-14,17-26,29H,2-11,15-16H2,1H3. The first-order valence-corrected chi connectivity index (χ1v) is 16.4. The summed E-state index contributed by atoms with van der Waals surface area (Å²) in [7, 11) is 0. The molecule has 2 nitrogen and oxygen atoms in total. The van der Waals surface area contributed by atoms with Gasteiger partial charge in [-0.3, -0.25) is 0 Å². The van der Waals surface area contributed by atoms with Crippen molar-refractivity contribution in [1.82, 2.24) is 0 Å². The first kappa shape index (κ1) is 34.1. The van der Waals surface area contributed by atoms with E-state index < -0.39 is 30.0 Å². The molecule has 2 aliphatic carbocycles. The number of benzene rings is 3. The first-order chi connectivity index (χ1) is 21.9. The molecule has 0 aromatic heterocycles. The van der Waals surface area contributed by atoms with E-state index in [0.29, 0.717) is 24.3 Å². The summed E-state index contributed by atoms with van der Waals surface area (Å²) < 4.78 is 107. The van der Waals surface area contributed by atoms with Gasteiger partial charge in [0.15, 0.2) is 0 Å². The molecule has 46 heavy (non-hydrogen) atoms. The third-order valence-corrected chi connectivity index (χ3v) is 9.79.